The Balaban J connectivity index is 2.31. The van der Waals surface area contributed by atoms with Gasteiger partial charge >= 0.3 is 0 Å². The number of hydrogen-bond acceptors (Lipinski definition) is 4. The standard InChI is InChI=1S/C20H27N3O2/c1-5-15-16(22-12-11-20(2,3)4)13-23-19(17(15)18(21)24)25-14-9-7-6-8-10-14/h6-10,13,22H,5,11-12H2,1-4H3,(H2,21,24). The Morgan fingerprint density at radius 1 is 1.24 bits per heavy atom. The number of nitrogens with one attached hydrogen (secondary N) is 1. The smallest absolute Gasteiger partial charge is 0.254 e. The summed E-state index contributed by atoms with van der Waals surface area (Å²) in [6, 6.07) is 9.25. The van der Waals surface area contributed by atoms with E-state index in [1.807, 2.05) is 37.3 Å². The predicted molar refractivity (Wildman–Crippen MR) is 101 cm³/mol. The van der Waals surface area contributed by atoms with E-state index in [9.17, 15) is 4.79 Å². The zero-order chi connectivity index (χ0) is 18.4. The number of carbonyl (C=O) groups excluding carboxylic acids is 1. The third kappa shape index (κ3) is 5.21. The molecule has 2 rings (SSSR count). The Morgan fingerprint density at radius 2 is 1.92 bits per heavy atom. The Hall–Kier alpha value is -2.56. The van der Waals surface area contributed by atoms with Crippen LogP contribution < -0.4 is 15.8 Å². The number of nitrogens with two attached hydrogens (primary N) is 1. The number of benzene rings is 1. The summed E-state index contributed by atoms with van der Waals surface area (Å²) in [6.45, 7) is 9.37. The molecule has 0 aliphatic carbocycles. The van der Waals surface area contributed by atoms with Gasteiger partial charge in [-0.25, -0.2) is 4.98 Å². The van der Waals surface area contributed by atoms with Gasteiger partial charge < -0.3 is 15.8 Å². The number of hydrogen-bond donors (Lipinski definition) is 2. The summed E-state index contributed by atoms with van der Waals surface area (Å²) < 4.78 is 5.79. The van der Waals surface area contributed by atoms with Crippen LogP contribution in [-0.2, 0) is 6.42 Å². The summed E-state index contributed by atoms with van der Waals surface area (Å²) in [5, 5.41) is 3.38. The Labute approximate surface area is 149 Å². The minimum absolute atomic E-state index is 0.232. The van der Waals surface area contributed by atoms with E-state index in [1.165, 1.54) is 0 Å². The van der Waals surface area contributed by atoms with Gasteiger partial charge in [-0.15, -0.1) is 0 Å². The lowest BCUT2D eigenvalue weighted by Crippen LogP contribution is -2.19. The molecule has 1 amide bonds. The molecule has 5 nitrogen and oxygen atoms in total. The van der Waals surface area contributed by atoms with Crippen molar-refractivity contribution in [1.29, 1.82) is 0 Å². The number of primary amides is 1. The fraction of sp³-hybridized carbons (Fsp3) is 0.400. The average Bonchev–Trinajstić information content (AvgIpc) is 2.55. The molecule has 134 valence electrons. The molecule has 0 saturated carbocycles. The molecule has 0 aliphatic rings. The number of ether oxygens (including phenoxy) is 1. The molecule has 0 bridgehead atoms. The molecule has 0 spiro atoms. The third-order valence-electron chi connectivity index (χ3n) is 3.90. The first-order valence-corrected chi connectivity index (χ1v) is 8.60. The molecule has 5 heteroatoms. The Kier molecular flexibility index (Phi) is 6.02. The fourth-order valence-electron chi connectivity index (χ4n) is 2.55. The van der Waals surface area contributed by atoms with Gasteiger partial charge in [0.05, 0.1) is 11.9 Å². The molecule has 0 unspecified atom stereocenters. The van der Waals surface area contributed by atoms with Gasteiger partial charge in [-0.3, -0.25) is 4.79 Å². The highest BCUT2D eigenvalue weighted by atomic mass is 16.5. The SMILES string of the molecule is CCc1c(NCCC(C)(C)C)cnc(Oc2ccccc2)c1C(N)=O. The second kappa shape index (κ2) is 8.01. The largest absolute Gasteiger partial charge is 0.438 e. The van der Waals surface area contributed by atoms with E-state index in [4.69, 9.17) is 10.5 Å². The highest BCUT2D eigenvalue weighted by Gasteiger charge is 2.20. The van der Waals surface area contributed by atoms with Crippen LogP contribution in [0.4, 0.5) is 5.69 Å². The lowest BCUT2D eigenvalue weighted by Gasteiger charge is -2.20. The van der Waals surface area contributed by atoms with Crippen molar-refractivity contribution >= 4 is 11.6 Å². The Bertz CT molecular complexity index is 722. The van der Waals surface area contributed by atoms with Crippen LogP contribution in [0, 0.1) is 5.41 Å². The molecule has 0 atom stereocenters. The zero-order valence-corrected chi connectivity index (χ0v) is 15.4. The highest BCUT2D eigenvalue weighted by Crippen LogP contribution is 2.30. The third-order valence-corrected chi connectivity index (χ3v) is 3.90. The van der Waals surface area contributed by atoms with E-state index in [0.29, 0.717) is 17.7 Å². The maximum Gasteiger partial charge on any atom is 0.254 e. The number of anilines is 1. The van der Waals surface area contributed by atoms with Crippen molar-refractivity contribution in [2.75, 3.05) is 11.9 Å². The van der Waals surface area contributed by atoms with E-state index in [1.54, 1.807) is 6.20 Å². The molecule has 3 N–H and O–H groups in total. The molecule has 0 saturated heterocycles. The molecule has 1 aromatic carbocycles. The van der Waals surface area contributed by atoms with Crippen LogP contribution >= 0.6 is 0 Å². The molecule has 1 heterocycles. The Morgan fingerprint density at radius 3 is 2.48 bits per heavy atom. The average molecular weight is 341 g/mol. The first-order chi connectivity index (χ1) is 11.8. The molecule has 2 aromatic rings. The van der Waals surface area contributed by atoms with Crippen molar-refractivity contribution in [1.82, 2.24) is 4.98 Å². The summed E-state index contributed by atoms with van der Waals surface area (Å²) in [4.78, 5) is 16.4. The van der Waals surface area contributed by atoms with E-state index < -0.39 is 5.91 Å². The number of pyridine rings is 1. The predicted octanol–water partition coefficient (Wildman–Crippen LogP) is 4.38. The summed E-state index contributed by atoms with van der Waals surface area (Å²) in [5.41, 5.74) is 7.87. The summed E-state index contributed by atoms with van der Waals surface area (Å²) in [6.07, 6.45) is 3.38. The fourth-order valence-corrected chi connectivity index (χ4v) is 2.55. The van der Waals surface area contributed by atoms with Crippen LogP contribution in [0.3, 0.4) is 0 Å². The minimum atomic E-state index is -0.533. The maximum absolute atomic E-state index is 12.1. The normalized spacial score (nSPS) is 11.2. The monoisotopic (exact) mass is 341 g/mol. The molecule has 25 heavy (non-hydrogen) atoms. The number of rotatable bonds is 7. The van der Waals surface area contributed by atoms with Crippen LogP contribution in [0.2, 0.25) is 0 Å². The van der Waals surface area contributed by atoms with E-state index in [-0.39, 0.29) is 11.3 Å². The van der Waals surface area contributed by atoms with Crippen molar-refractivity contribution in [2.24, 2.45) is 11.1 Å². The molecular formula is C20H27N3O2. The molecule has 0 radical (unpaired) electrons. The van der Waals surface area contributed by atoms with Crippen LogP contribution in [-0.4, -0.2) is 17.4 Å². The van der Waals surface area contributed by atoms with E-state index in [2.05, 4.69) is 31.1 Å². The zero-order valence-electron chi connectivity index (χ0n) is 15.4. The molecule has 0 aliphatic heterocycles. The highest BCUT2D eigenvalue weighted by molar-refractivity contribution is 5.98. The topological polar surface area (TPSA) is 77.2 Å². The maximum atomic E-state index is 12.1. The number of aromatic nitrogens is 1. The summed E-state index contributed by atoms with van der Waals surface area (Å²) in [7, 11) is 0. The van der Waals surface area contributed by atoms with Crippen molar-refractivity contribution in [2.45, 2.75) is 40.5 Å². The van der Waals surface area contributed by atoms with Crippen LogP contribution in [0.5, 0.6) is 11.6 Å². The summed E-state index contributed by atoms with van der Waals surface area (Å²) >= 11 is 0. The van der Waals surface area contributed by atoms with Gasteiger partial charge in [-0.1, -0.05) is 45.9 Å². The van der Waals surface area contributed by atoms with E-state index >= 15 is 0 Å². The van der Waals surface area contributed by atoms with Crippen molar-refractivity contribution in [3.05, 3.63) is 47.7 Å². The van der Waals surface area contributed by atoms with Crippen molar-refractivity contribution in [3.8, 4) is 11.6 Å². The van der Waals surface area contributed by atoms with Crippen LogP contribution in [0.15, 0.2) is 36.5 Å². The second-order valence-corrected chi connectivity index (χ2v) is 7.20. The van der Waals surface area contributed by atoms with Gasteiger partial charge in [0.1, 0.15) is 11.3 Å². The van der Waals surface area contributed by atoms with Gasteiger partial charge in [-0.05, 0) is 36.0 Å². The quantitative estimate of drug-likeness (QED) is 0.783. The number of amides is 1. The molecule has 1 aromatic heterocycles. The lowest BCUT2D eigenvalue weighted by molar-refractivity contribution is 0.0996. The van der Waals surface area contributed by atoms with Crippen LogP contribution in [0.1, 0.15) is 50.0 Å². The van der Waals surface area contributed by atoms with E-state index in [0.717, 1.165) is 24.2 Å². The minimum Gasteiger partial charge on any atom is -0.438 e. The van der Waals surface area contributed by atoms with Gasteiger partial charge in [0.25, 0.3) is 5.91 Å². The number of para-hydroxylation sites is 1. The van der Waals surface area contributed by atoms with Gasteiger partial charge in [-0.2, -0.15) is 0 Å². The van der Waals surface area contributed by atoms with Gasteiger partial charge in [0, 0.05) is 6.54 Å². The van der Waals surface area contributed by atoms with Crippen LogP contribution in [0.25, 0.3) is 0 Å². The second-order valence-electron chi connectivity index (χ2n) is 7.20. The van der Waals surface area contributed by atoms with Crippen molar-refractivity contribution in [3.63, 3.8) is 0 Å². The first-order valence-electron chi connectivity index (χ1n) is 8.60. The summed E-state index contributed by atoms with van der Waals surface area (Å²) in [5.74, 6) is 0.333. The molecule has 0 fully saturated rings. The van der Waals surface area contributed by atoms with Crippen molar-refractivity contribution < 1.29 is 9.53 Å². The number of nitrogens with zero attached hydrogens (tertiary/aromatic N) is 1. The van der Waals surface area contributed by atoms with Gasteiger partial charge in [0.15, 0.2) is 0 Å². The van der Waals surface area contributed by atoms with Gasteiger partial charge in [0.2, 0.25) is 5.88 Å². The lowest BCUT2D eigenvalue weighted by atomic mass is 9.92. The molecular weight excluding hydrogens is 314 g/mol. The number of carbonyl (C=O) groups is 1. The first kappa shape index (κ1) is 18.8.